The first kappa shape index (κ1) is 12.7. The largest absolute Gasteiger partial charge is 0.311 e. The second kappa shape index (κ2) is 5.73. The molecule has 0 aliphatic heterocycles. The van der Waals surface area contributed by atoms with E-state index in [-0.39, 0.29) is 0 Å². The third-order valence-corrected chi connectivity index (χ3v) is 2.46. The summed E-state index contributed by atoms with van der Waals surface area (Å²) in [4.78, 5) is 8.88. The molecule has 0 bridgehead atoms. The summed E-state index contributed by atoms with van der Waals surface area (Å²) in [5.41, 5.74) is 1.95. The van der Waals surface area contributed by atoms with Crippen molar-refractivity contribution in [3.05, 3.63) is 35.9 Å². The van der Waals surface area contributed by atoms with Crippen LogP contribution in [0.25, 0.3) is 5.95 Å². The van der Waals surface area contributed by atoms with Crippen LogP contribution in [0, 0.1) is 12.8 Å². The Kier molecular flexibility index (Phi) is 4.04. The van der Waals surface area contributed by atoms with Gasteiger partial charge in [0.1, 0.15) is 0 Å². The fraction of sp³-hybridized carbons (Fsp3) is 0.462. The van der Waals surface area contributed by atoms with E-state index in [0.29, 0.717) is 11.9 Å². The Balaban J connectivity index is 2.12. The fourth-order valence-corrected chi connectivity index (χ4v) is 1.69. The first-order chi connectivity index (χ1) is 8.65. The van der Waals surface area contributed by atoms with Crippen LogP contribution in [0.2, 0.25) is 0 Å². The second-order valence-electron chi connectivity index (χ2n) is 4.78. The number of hydrogen-bond acceptors (Lipinski definition) is 4. The molecule has 0 spiro atoms. The molecule has 0 aliphatic rings. The lowest BCUT2D eigenvalue weighted by molar-refractivity contribution is 0.547. The Hall–Kier alpha value is -1.75. The summed E-state index contributed by atoms with van der Waals surface area (Å²) in [6.45, 7) is 8.09. The van der Waals surface area contributed by atoms with Gasteiger partial charge in [0, 0.05) is 24.6 Å². The first-order valence-corrected chi connectivity index (χ1v) is 6.20. The van der Waals surface area contributed by atoms with Crippen molar-refractivity contribution in [3.63, 3.8) is 0 Å². The van der Waals surface area contributed by atoms with E-state index >= 15 is 0 Å². The molecule has 0 aromatic carbocycles. The summed E-state index contributed by atoms with van der Waals surface area (Å²) in [7, 11) is 0. The van der Waals surface area contributed by atoms with Crippen LogP contribution in [0.1, 0.15) is 25.2 Å². The second-order valence-corrected chi connectivity index (χ2v) is 4.78. The van der Waals surface area contributed by atoms with Crippen LogP contribution >= 0.6 is 0 Å². The summed E-state index contributed by atoms with van der Waals surface area (Å²) in [5, 5.41) is 7.53. The van der Waals surface area contributed by atoms with E-state index in [1.165, 1.54) is 0 Å². The van der Waals surface area contributed by atoms with Crippen LogP contribution in [-0.2, 0) is 6.54 Å². The van der Waals surface area contributed by atoms with Gasteiger partial charge < -0.3 is 5.32 Å². The number of nitrogens with zero attached hydrogens (tertiary/aromatic N) is 4. The lowest BCUT2D eigenvalue weighted by Crippen LogP contribution is -2.20. The number of hydrogen-bond donors (Lipinski definition) is 1. The maximum Gasteiger partial charge on any atom is 0.250 e. The highest BCUT2D eigenvalue weighted by atomic mass is 15.3. The van der Waals surface area contributed by atoms with Gasteiger partial charge >= 0.3 is 0 Å². The molecule has 0 amide bonds. The molecule has 0 fully saturated rings. The monoisotopic (exact) mass is 245 g/mol. The van der Waals surface area contributed by atoms with Crippen LogP contribution in [0.3, 0.4) is 0 Å². The van der Waals surface area contributed by atoms with E-state index in [1.54, 1.807) is 10.9 Å². The summed E-state index contributed by atoms with van der Waals surface area (Å²) < 4.78 is 1.68. The number of rotatable bonds is 5. The van der Waals surface area contributed by atoms with E-state index in [4.69, 9.17) is 0 Å². The summed E-state index contributed by atoms with van der Waals surface area (Å²) in [6.07, 6.45) is 3.57. The van der Waals surface area contributed by atoms with Crippen molar-refractivity contribution < 1.29 is 0 Å². The third-order valence-electron chi connectivity index (χ3n) is 2.46. The highest BCUT2D eigenvalue weighted by Crippen LogP contribution is 2.04. The Morgan fingerprint density at radius 3 is 2.83 bits per heavy atom. The van der Waals surface area contributed by atoms with E-state index in [0.717, 1.165) is 24.5 Å². The minimum Gasteiger partial charge on any atom is -0.311 e. The van der Waals surface area contributed by atoms with Crippen LogP contribution in [0.5, 0.6) is 0 Å². The fourth-order valence-electron chi connectivity index (χ4n) is 1.69. The van der Waals surface area contributed by atoms with Crippen molar-refractivity contribution in [2.75, 3.05) is 6.54 Å². The smallest absolute Gasteiger partial charge is 0.250 e. The first-order valence-electron chi connectivity index (χ1n) is 6.20. The zero-order chi connectivity index (χ0) is 13.0. The van der Waals surface area contributed by atoms with Crippen molar-refractivity contribution in [1.29, 1.82) is 0 Å². The highest BCUT2D eigenvalue weighted by molar-refractivity contribution is 5.18. The lowest BCUT2D eigenvalue weighted by Gasteiger charge is -2.08. The van der Waals surface area contributed by atoms with Crippen molar-refractivity contribution in [2.24, 2.45) is 5.92 Å². The minimum atomic E-state index is 0.626. The SMILES string of the molecule is Cc1cc(CNCC(C)C)nc(-n2cccn2)n1. The van der Waals surface area contributed by atoms with Crippen LogP contribution in [-0.4, -0.2) is 26.3 Å². The van der Waals surface area contributed by atoms with E-state index < -0.39 is 0 Å². The molecule has 0 aliphatic carbocycles. The number of nitrogens with one attached hydrogen (secondary N) is 1. The minimum absolute atomic E-state index is 0.626. The zero-order valence-corrected chi connectivity index (χ0v) is 11.1. The van der Waals surface area contributed by atoms with Crippen molar-refractivity contribution in [1.82, 2.24) is 25.1 Å². The molecule has 2 heterocycles. The van der Waals surface area contributed by atoms with Crippen molar-refractivity contribution in [2.45, 2.75) is 27.3 Å². The molecule has 0 saturated carbocycles. The molecule has 96 valence electrons. The average molecular weight is 245 g/mol. The normalized spacial score (nSPS) is 11.1. The van der Waals surface area contributed by atoms with E-state index in [9.17, 15) is 0 Å². The van der Waals surface area contributed by atoms with E-state index in [1.807, 2.05) is 25.3 Å². The quantitative estimate of drug-likeness (QED) is 0.871. The molecule has 5 heteroatoms. The standard InChI is InChI=1S/C13H19N5/c1-10(2)8-14-9-12-7-11(3)16-13(17-12)18-6-4-5-15-18/h4-7,10,14H,8-9H2,1-3H3. The van der Waals surface area contributed by atoms with Crippen molar-refractivity contribution >= 4 is 0 Å². The molecule has 0 saturated heterocycles. The van der Waals surface area contributed by atoms with Gasteiger partial charge in [-0.05, 0) is 31.5 Å². The van der Waals surface area contributed by atoms with Gasteiger partial charge in [0.25, 0.3) is 5.95 Å². The molecule has 0 radical (unpaired) electrons. The van der Waals surface area contributed by atoms with Gasteiger partial charge in [0.05, 0.1) is 5.69 Å². The molecular formula is C13H19N5. The molecule has 2 rings (SSSR count). The van der Waals surface area contributed by atoms with Crippen LogP contribution in [0.4, 0.5) is 0 Å². The molecule has 18 heavy (non-hydrogen) atoms. The molecular weight excluding hydrogens is 226 g/mol. The van der Waals surface area contributed by atoms with E-state index in [2.05, 4.69) is 34.2 Å². The van der Waals surface area contributed by atoms with Crippen molar-refractivity contribution in [3.8, 4) is 5.95 Å². The predicted molar refractivity (Wildman–Crippen MR) is 70.4 cm³/mol. The van der Waals surface area contributed by atoms with Gasteiger partial charge in [-0.15, -0.1) is 0 Å². The van der Waals surface area contributed by atoms with Crippen LogP contribution in [0.15, 0.2) is 24.5 Å². The van der Waals surface area contributed by atoms with Crippen LogP contribution < -0.4 is 5.32 Å². The zero-order valence-electron chi connectivity index (χ0n) is 11.1. The average Bonchev–Trinajstić information content (AvgIpc) is 2.81. The summed E-state index contributed by atoms with van der Waals surface area (Å²) in [5.74, 6) is 1.26. The van der Waals surface area contributed by atoms with Gasteiger partial charge in [0.15, 0.2) is 0 Å². The molecule has 2 aromatic rings. The van der Waals surface area contributed by atoms with Gasteiger partial charge in [-0.3, -0.25) is 0 Å². The number of aromatic nitrogens is 4. The molecule has 0 atom stereocenters. The topological polar surface area (TPSA) is 55.6 Å². The lowest BCUT2D eigenvalue weighted by atomic mass is 10.2. The number of aryl methyl sites for hydroxylation is 1. The maximum atomic E-state index is 4.50. The third kappa shape index (κ3) is 3.37. The predicted octanol–water partition coefficient (Wildman–Crippen LogP) is 1.72. The van der Waals surface area contributed by atoms with Gasteiger partial charge in [-0.2, -0.15) is 5.10 Å². The van der Waals surface area contributed by atoms with Gasteiger partial charge in [-0.1, -0.05) is 13.8 Å². The molecule has 5 nitrogen and oxygen atoms in total. The van der Waals surface area contributed by atoms with Gasteiger partial charge in [-0.25, -0.2) is 14.6 Å². The Labute approximate surface area is 107 Å². The summed E-state index contributed by atoms with van der Waals surface area (Å²) >= 11 is 0. The summed E-state index contributed by atoms with van der Waals surface area (Å²) in [6, 6.07) is 3.86. The highest BCUT2D eigenvalue weighted by Gasteiger charge is 2.04. The van der Waals surface area contributed by atoms with Gasteiger partial charge in [0.2, 0.25) is 0 Å². The molecule has 2 aromatic heterocycles. The Morgan fingerprint density at radius 1 is 1.33 bits per heavy atom. The maximum absolute atomic E-state index is 4.50. The Morgan fingerprint density at radius 2 is 2.17 bits per heavy atom. The molecule has 0 unspecified atom stereocenters. The molecule has 1 N–H and O–H groups in total. The Bertz CT molecular complexity index is 490.